The molecule has 1 aliphatic rings. The van der Waals surface area contributed by atoms with E-state index in [1.54, 1.807) is 72.8 Å². The molecule has 1 heterocycles. The Morgan fingerprint density at radius 3 is 2.12 bits per heavy atom. The molecule has 2 amide bonds. The summed E-state index contributed by atoms with van der Waals surface area (Å²) in [6, 6.07) is 22.3. The second-order valence-corrected chi connectivity index (χ2v) is 10.3. The lowest BCUT2D eigenvalue weighted by molar-refractivity contribution is 0.0924. The maximum Gasteiger partial charge on any atom is 0.255 e. The summed E-state index contributed by atoms with van der Waals surface area (Å²) in [4.78, 5) is 25.8. The molecule has 1 aliphatic heterocycles. The first-order valence-corrected chi connectivity index (χ1v) is 12.6. The molecule has 34 heavy (non-hydrogen) atoms. The van der Waals surface area contributed by atoms with Gasteiger partial charge in [-0.25, -0.2) is 8.42 Å². The van der Waals surface area contributed by atoms with E-state index in [1.807, 2.05) is 13.0 Å². The van der Waals surface area contributed by atoms with Gasteiger partial charge in [-0.15, -0.1) is 0 Å². The summed E-state index contributed by atoms with van der Waals surface area (Å²) in [7, 11) is -3.56. The van der Waals surface area contributed by atoms with Gasteiger partial charge in [0.15, 0.2) is 0 Å². The van der Waals surface area contributed by atoms with E-state index in [-0.39, 0.29) is 22.8 Å². The van der Waals surface area contributed by atoms with E-state index < -0.39 is 10.0 Å². The van der Waals surface area contributed by atoms with Crippen molar-refractivity contribution >= 4 is 27.5 Å². The van der Waals surface area contributed by atoms with Crippen LogP contribution in [0.25, 0.3) is 0 Å². The van der Waals surface area contributed by atoms with Gasteiger partial charge in [0.25, 0.3) is 11.8 Å². The van der Waals surface area contributed by atoms with Crippen molar-refractivity contribution < 1.29 is 18.0 Å². The number of hydrogen-bond acceptors (Lipinski definition) is 4. The van der Waals surface area contributed by atoms with Gasteiger partial charge in [0.2, 0.25) is 10.0 Å². The molecule has 3 aromatic carbocycles. The van der Waals surface area contributed by atoms with Gasteiger partial charge in [0.05, 0.1) is 16.1 Å². The summed E-state index contributed by atoms with van der Waals surface area (Å²) >= 11 is 0. The monoisotopic (exact) mass is 477 g/mol. The van der Waals surface area contributed by atoms with E-state index in [1.165, 1.54) is 4.31 Å². The third-order valence-electron chi connectivity index (χ3n) is 5.90. The van der Waals surface area contributed by atoms with Crippen molar-refractivity contribution in [3.63, 3.8) is 0 Å². The number of hydrogen-bond donors (Lipinski definition) is 2. The average Bonchev–Trinajstić information content (AvgIpc) is 2.85. The third kappa shape index (κ3) is 5.35. The van der Waals surface area contributed by atoms with Gasteiger partial charge in [-0.3, -0.25) is 9.59 Å². The van der Waals surface area contributed by atoms with E-state index in [0.717, 1.165) is 5.56 Å². The van der Waals surface area contributed by atoms with Crippen molar-refractivity contribution in [2.45, 2.75) is 30.7 Å². The van der Waals surface area contributed by atoms with Gasteiger partial charge in [-0.05, 0) is 56.2 Å². The fourth-order valence-electron chi connectivity index (χ4n) is 3.94. The zero-order chi connectivity index (χ0) is 24.1. The zero-order valence-corrected chi connectivity index (χ0v) is 19.7. The van der Waals surface area contributed by atoms with Crippen LogP contribution in [-0.4, -0.2) is 43.7 Å². The fraction of sp³-hybridized carbons (Fsp3) is 0.231. The molecule has 176 valence electrons. The molecule has 1 saturated heterocycles. The third-order valence-corrected chi connectivity index (χ3v) is 7.82. The largest absolute Gasteiger partial charge is 0.349 e. The van der Waals surface area contributed by atoms with Crippen molar-refractivity contribution in [1.29, 1.82) is 0 Å². The van der Waals surface area contributed by atoms with E-state index in [9.17, 15) is 18.0 Å². The summed E-state index contributed by atoms with van der Waals surface area (Å²) in [5.41, 5.74) is 2.29. The first-order chi connectivity index (χ1) is 16.3. The fourth-order valence-corrected chi connectivity index (χ4v) is 5.41. The minimum Gasteiger partial charge on any atom is -0.349 e. The maximum absolute atomic E-state index is 13.0. The van der Waals surface area contributed by atoms with Crippen LogP contribution in [0.3, 0.4) is 0 Å². The Morgan fingerprint density at radius 2 is 1.44 bits per heavy atom. The molecule has 3 aromatic rings. The van der Waals surface area contributed by atoms with Gasteiger partial charge in [0, 0.05) is 24.7 Å². The van der Waals surface area contributed by atoms with E-state index in [4.69, 9.17) is 0 Å². The highest BCUT2D eigenvalue weighted by molar-refractivity contribution is 7.89. The van der Waals surface area contributed by atoms with Crippen LogP contribution in [0, 0.1) is 6.92 Å². The van der Waals surface area contributed by atoms with Crippen LogP contribution >= 0.6 is 0 Å². The summed E-state index contributed by atoms with van der Waals surface area (Å²) in [5.74, 6) is -0.598. The topological polar surface area (TPSA) is 95.6 Å². The highest BCUT2D eigenvalue weighted by Crippen LogP contribution is 2.22. The van der Waals surface area contributed by atoms with E-state index in [2.05, 4.69) is 10.6 Å². The van der Waals surface area contributed by atoms with E-state index in [0.29, 0.717) is 42.7 Å². The minimum atomic E-state index is -3.56. The van der Waals surface area contributed by atoms with Crippen molar-refractivity contribution in [1.82, 2.24) is 9.62 Å². The normalized spacial score (nSPS) is 15.0. The predicted molar refractivity (Wildman–Crippen MR) is 131 cm³/mol. The number of rotatable bonds is 6. The molecule has 8 heteroatoms. The maximum atomic E-state index is 13.0. The zero-order valence-electron chi connectivity index (χ0n) is 18.9. The molecule has 0 aliphatic carbocycles. The van der Waals surface area contributed by atoms with Gasteiger partial charge in [-0.1, -0.05) is 48.0 Å². The second-order valence-electron chi connectivity index (χ2n) is 8.33. The Hall–Kier alpha value is -3.49. The average molecular weight is 478 g/mol. The lowest BCUT2D eigenvalue weighted by Crippen LogP contribution is -2.46. The first kappa shape index (κ1) is 23.7. The Bertz CT molecular complexity index is 1270. The number of carbonyl (C=O) groups excluding carboxylic acids is 2. The molecule has 0 unspecified atom stereocenters. The smallest absolute Gasteiger partial charge is 0.255 e. The molecule has 0 saturated carbocycles. The van der Waals surface area contributed by atoms with Crippen LogP contribution in [0.5, 0.6) is 0 Å². The number of aryl methyl sites for hydroxylation is 1. The molecule has 0 spiro atoms. The highest BCUT2D eigenvalue weighted by atomic mass is 32.2. The van der Waals surface area contributed by atoms with Gasteiger partial charge in [-0.2, -0.15) is 4.31 Å². The molecule has 0 radical (unpaired) electrons. The molecule has 0 atom stereocenters. The summed E-state index contributed by atoms with van der Waals surface area (Å²) in [5, 5.41) is 5.80. The number of amides is 2. The van der Waals surface area contributed by atoms with Crippen LogP contribution in [0.15, 0.2) is 83.8 Å². The lowest BCUT2D eigenvalue weighted by atomic mass is 10.1. The summed E-state index contributed by atoms with van der Waals surface area (Å²) in [6.07, 6.45) is 1.02. The number of anilines is 1. The van der Waals surface area contributed by atoms with Crippen molar-refractivity contribution in [3.8, 4) is 0 Å². The first-order valence-electron chi connectivity index (χ1n) is 11.2. The van der Waals surface area contributed by atoms with E-state index >= 15 is 0 Å². The van der Waals surface area contributed by atoms with Crippen LogP contribution in [0.2, 0.25) is 0 Å². The van der Waals surface area contributed by atoms with Gasteiger partial charge >= 0.3 is 0 Å². The van der Waals surface area contributed by atoms with Crippen LogP contribution in [0.4, 0.5) is 5.69 Å². The Morgan fingerprint density at radius 1 is 0.824 bits per heavy atom. The molecule has 0 bridgehead atoms. The molecular weight excluding hydrogens is 450 g/mol. The number of nitrogens with one attached hydrogen (secondary N) is 2. The molecule has 7 nitrogen and oxygen atoms in total. The van der Waals surface area contributed by atoms with Crippen molar-refractivity contribution in [3.05, 3.63) is 95.6 Å². The molecule has 1 fully saturated rings. The highest BCUT2D eigenvalue weighted by Gasteiger charge is 2.30. The lowest BCUT2D eigenvalue weighted by Gasteiger charge is -2.31. The Balaban J connectivity index is 1.38. The summed E-state index contributed by atoms with van der Waals surface area (Å²) < 4.78 is 27.3. The molecule has 0 aromatic heterocycles. The Kier molecular flexibility index (Phi) is 7.09. The molecular formula is C26H27N3O4S. The van der Waals surface area contributed by atoms with Gasteiger partial charge < -0.3 is 10.6 Å². The number of sulfonamides is 1. The van der Waals surface area contributed by atoms with Crippen LogP contribution in [0.1, 0.15) is 39.1 Å². The number of para-hydroxylation sites is 1. The number of benzene rings is 3. The number of carbonyl (C=O) groups is 2. The quantitative estimate of drug-likeness (QED) is 0.564. The second kappa shape index (κ2) is 10.2. The van der Waals surface area contributed by atoms with Crippen molar-refractivity contribution in [2.75, 3.05) is 18.4 Å². The summed E-state index contributed by atoms with van der Waals surface area (Å²) in [6.45, 7) is 2.57. The molecule has 4 rings (SSSR count). The van der Waals surface area contributed by atoms with Crippen molar-refractivity contribution in [2.24, 2.45) is 0 Å². The SMILES string of the molecule is Cc1ccc(S(=O)(=O)N2CCC(NC(=O)c3ccccc3NC(=O)c3ccccc3)CC2)cc1. The number of piperidine rings is 1. The van der Waals surface area contributed by atoms with Gasteiger partial charge in [0.1, 0.15) is 0 Å². The van der Waals surface area contributed by atoms with Crippen LogP contribution in [-0.2, 0) is 10.0 Å². The molecule has 2 N–H and O–H groups in total. The number of nitrogens with zero attached hydrogens (tertiary/aromatic N) is 1. The Labute approximate surface area is 199 Å². The minimum absolute atomic E-state index is 0.158. The predicted octanol–water partition coefficient (Wildman–Crippen LogP) is 3.83. The standard InChI is InChI=1S/C26H27N3O4S/c1-19-11-13-22(14-12-19)34(32,33)29-17-15-21(16-18-29)27-26(31)23-9-5-6-10-24(23)28-25(30)20-7-3-2-4-8-20/h2-14,21H,15-18H2,1H3,(H,27,31)(H,28,30). The van der Waals surface area contributed by atoms with Crippen LogP contribution < -0.4 is 10.6 Å².